The molecule has 2 amide bonds. The van der Waals surface area contributed by atoms with Crippen LogP contribution in [0.2, 0.25) is 0 Å². The van der Waals surface area contributed by atoms with E-state index in [2.05, 4.69) is 0 Å². The summed E-state index contributed by atoms with van der Waals surface area (Å²) in [7, 11) is 0. The average Bonchev–Trinajstić information content (AvgIpc) is 3.15. The lowest BCUT2D eigenvalue weighted by Crippen LogP contribution is -2.45. The quantitative estimate of drug-likeness (QED) is 0.0851. The molecule has 0 spiro atoms. The second kappa shape index (κ2) is 20.3. The SMILES string of the molecule is O=C(CN(CC(=O)OCc1ccccc1)C(=O)CC(=O)N(CC(=O)OCc1ccccc1)CC(=O)OCc1ccccc1)OCc1ccccc1. The Morgan fingerprint density at radius 3 is 0.784 bits per heavy atom. The zero-order valence-electron chi connectivity index (χ0n) is 27.9. The Kier molecular flexibility index (Phi) is 14.9. The highest BCUT2D eigenvalue weighted by Gasteiger charge is 2.28. The molecule has 4 rings (SSSR count). The van der Waals surface area contributed by atoms with E-state index in [1.165, 1.54) is 0 Å². The Morgan fingerprint density at radius 1 is 0.353 bits per heavy atom. The zero-order valence-corrected chi connectivity index (χ0v) is 27.9. The van der Waals surface area contributed by atoms with Crippen LogP contribution in [-0.4, -0.2) is 71.7 Å². The number of hydrogen-bond acceptors (Lipinski definition) is 10. The number of carbonyl (C=O) groups is 6. The summed E-state index contributed by atoms with van der Waals surface area (Å²) in [4.78, 5) is 79.8. The van der Waals surface area contributed by atoms with Gasteiger partial charge in [0.05, 0.1) is 0 Å². The third-order valence-electron chi connectivity index (χ3n) is 7.26. The second-order valence-electron chi connectivity index (χ2n) is 11.3. The lowest BCUT2D eigenvalue weighted by atomic mass is 10.2. The highest BCUT2D eigenvalue weighted by molar-refractivity contribution is 6.00. The van der Waals surface area contributed by atoms with E-state index >= 15 is 0 Å². The predicted octanol–water partition coefficient (Wildman–Crippen LogP) is 4.01. The highest BCUT2D eigenvalue weighted by atomic mass is 16.5. The lowest BCUT2D eigenvalue weighted by Gasteiger charge is -2.24. The molecule has 0 fully saturated rings. The van der Waals surface area contributed by atoms with Crippen molar-refractivity contribution >= 4 is 35.7 Å². The fraction of sp³-hybridized carbons (Fsp3) is 0.231. The fourth-order valence-electron chi connectivity index (χ4n) is 4.58. The minimum atomic E-state index is -0.936. The van der Waals surface area contributed by atoms with Crippen LogP contribution in [0.4, 0.5) is 0 Å². The summed E-state index contributed by atoms with van der Waals surface area (Å²) in [5.41, 5.74) is 2.82. The summed E-state index contributed by atoms with van der Waals surface area (Å²) in [6.45, 7) is -3.00. The number of benzene rings is 4. The molecular formula is C39H38N2O10. The molecule has 0 N–H and O–H groups in total. The van der Waals surface area contributed by atoms with Crippen molar-refractivity contribution < 1.29 is 47.7 Å². The molecule has 0 aliphatic carbocycles. The molecule has 264 valence electrons. The Labute approximate surface area is 295 Å². The molecule has 0 aliphatic heterocycles. The first-order valence-electron chi connectivity index (χ1n) is 16.1. The molecule has 0 radical (unpaired) electrons. The van der Waals surface area contributed by atoms with E-state index in [9.17, 15) is 28.8 Å². The summed E-state index contributed by atoms with van der Waals surface area (Å²) < 4.78 is 21.2. The van der Waals surface area contributed by atoms with E-state index in [0.29, 0.717) is 22.3 Å². The summed E-state index contributed by atoms with van der Waals surface area (Å²) in [6, 6.07) is 35.4. The monoisotopic (exact) mass is 694 g/mol. The normalized spacial score (nSPS) is 10.4. The Balaban J connectivity index is 1.42. The first-order chi connectivity index (χ1) is 24.7. The van der Waals surface area contributed by atoms with Crippen LogP contribution in [-0.2, 0) is 74.1 Å². The van der Waals surface area contributed by atoms with Crippen molar-refractivity contribution in [1.82, 2.24) is 9.80 Å². The molecular weight excluding hydrogens is 656 g/mol. The maximum Gasteiger partial charge on any atom is 0.325 e. The Bertz CT molecular complexity index is 1490. The van der Waals surface area contributed by atoms with Crippen LogP contribution in [0.5, 0.6) is 0 Å². The van der Waals surface area contributed by atoms with Gasteiger partial charge in [-0.1, -0.05) is 121 Å². The van der Waals surface area contributed by atoms with Crippen molar-refractivity contribution in [2.24, 2.45) is 0 Å². The van der Waals surface area contributed by atoms with E-state index in [-0.39, 0.29) is 26.4 Å². The first kappa shape index (κ1) is 37.5. The molecule has 0 saturated carbocycles. The zero-order chi connectivity index (χ0) is 36.3. The van der Waals surface area contributed by atoms with Gasteiger partial charge in [-0.2, -0.15) is 0 Å². The van der Waals surface area contributed by atoms with E-state index in [1.807, 2.05) is 0 Å². The van der Waals surface area contributed by atoms with Gasteiger partial charge in [0.25, 0.3) is 0 Å². The minimum Gasteiger partial charge on any atom is -0.459 e. The number of hydrogen-bond donors (Lipinski definition) is 0. The highest BCUT2D eigenvalue weighted by Crippen LogP contribution is 2.09. The van der Waals surface area contributed by atoms with Crippen LogP contribution in [0.25, 0.3) is 0 Å². The number of nitrogens with zero attached hydrogens (tertiary/aromatic N) is 2. The average molecular weight is 695 g/mol. The summed E-state index contributed by atoms with van der Waals surface area (Å²) >= 11 is 0. The summed E-state index contributed by atoms with van der Waals surface area (Å²) in [5.74, 6) is -5.20. The van der Waals surface area contributed by atoms with Gasteiger partial charge in [0.1, 0.15) is 59.0 Å². The molecule has 0 saturated heterocycles. The van der Waals surface area contributed by atoms with Crippen LogP contribution in [0.1, 0.15) is 28.7 Å². The van der Waals surface area contributed by atoms with Crippen molar-refractivity contribution in [3.63, 3.8) is 0 Å². The van der Waals surface area contributed by atoms with Gasteiger partial charge >= 0.3 is 23.9 Å². The fourth-order valence-corrected chi connectivity index (χ4v) is 4.58. The molecule has 12 heteroatoms. The maximum atomic E-state index is 13.5. The lowest BCUT2D eigenvalue weighted by molar-refractivity contribution is -0.159. The minimum absolute atomic E-state index is 0.0803. The number of rotatable bonds is 18. The van der Waals surface area contributed by atoms with Gasteiger partial charge in [-0.3, -0.25) is 28.8 Å². The standard InChI is InChI=1S/C39H38N2O10/c42-34(40(22-36(44)48-26-30-13-5-1-6-14-30)23-37(45)49-27-31-15-7-2-8-16-31)21-35(43)41(24-38(46)50-28-32-17-9-3-10-18-32)25-39(47)51-29-33-19-11-4-12-20-33/h1-20H,21-29H2. The third kappa shape index (κ3) is 14.0. The van der Waals surface area contributed by atoms with E-state index in [1.54, 1.807) is 121 Å². The molecule has 0 unspecified atom stereocenters. The molecule has 4 aromatic rings. The van der Waals surface area contributed by atoms with Gasteiger partial charge in [0.15, 0.2) is 0 Å². The number of amides is 2. The van der Waals surface area contributed by atoms with Gasteiger partial charge in [0, 0.05) is 0 Å². The second-order valence-corrected chi connectivity index (χ2v) is 11.3. The topological polar surface area (TPSA) is 146 Å². The van der Waals surface area contributed by atoms with Crippen molar-refractivity contribution in [3.05, 3.63) is 144 Å². The molecule has 0 atom stereocenters. The summed E-state index contributed by atoms with van der Waals surface area (Å²) in [6.07, 6.45) is -0.893. The smallest absolute Gasteiger partial charge is 0.325 e. The number of carbonyl (C=O) groups excluding carboxylic acids is 6. The molecule has 0 aliphatic rings. The van der Waals surface area contributed by atoms with E-state index in [4.69, 9.17) is 18.9 Å². The number of ether oxygens (including phenoxy) is 4. The van der Waals surface area contributed by atoms with Gasteiger partial charge < -0.3 is 28.7 Å². The molecule has 4 aromatic carbocycles. The van der Waals surface area contributed by atoms with Crippen LogP contribution in [0, 0.1) is 0 Å². The van der Waals surface area contributed by atoms with Crippen LogP contribution >= 0.6 is 0 Å². The van der Waals surface area contributed by atoms with Gasteiger partial charge in [-0.15, -0.1) is 0 Å². The first-order valence-corrected chi connectivity index (χ1v) is 16.1. The molecule has 51 heavy (non-hydrogen) atoms. The predicted molar refractivity (Wildman–Crippen MR) is 183 cm³/mol. The molecule has 0 aromatic heterocycles. The Hall–Kier alpha value is -6.30. The maximum absolute atomic E-state index is 13.5. The third-order valence-corrected chi connectivity index (χ3v) is 7.26. The van der Waals surface area contributed by atoms with Gasteiger partial charge in [-0.05, 0) is 22.3 Å². The van der Waals surface area contributed by atoms with E-state index < -0.39 is 68.3 Å². The van der Waals surface area contributed by atoms with Crippen molar-refractivity contribution in [2.45, 2.75) is 32.8 Å². The number of esters is 4. The van der Waals surface area contributed by atoms with Crippen molar-refractivity contribution in [3.8, 4) is 0 Å². The molecule has 12 nitrogen and oxygen atoms in total. The van der Waals surface area contributed by atoms with Crippen LogP contribution in [0.15, 0.2) is 121 Å². The van der Waals surface area contributed by atoms with Gasteiger partial charge in [0.2, 0.25) is 11.8 Å². The van der Waals surface area contributed by atoms with Gasteiger partial charge in [-0.25, -0.2) is 0 Å². The summed E-state index contributed by atoms with van der Waals surface area (Å²) in [5, 5.41) is 0. The molecule has 0 bridgehead atoms. The molecule has 0 heterocycles. The van der Waals surface area contributed by atoms with Crippen LogP contribution in [0.3, 0.4) is 0 Å². The largest absolute Gasteiger partial charge is 0.459 e. The van der Waals surface area contributed by atoms with Crippen molar-refractivity contribution in [1.29, 1.82) is 0 Å². The van der Waals surface area contributed by atoms with E-state index in [0.717, 1.165) is 9.80 Å². The van der Waals surface area contributed by atoms with Crippen LogP contribution < -0.4 is 0 Å². The Morgan fingerprint density at radius 2 is 0.569 bits per heavy atom. The van der Waals surface area contributed by atoms with Crippen molar-refractivity contribution in [2.75, 3.05) is 26.2 Å².